The molecule has 4 nitrogen and oxygen atoms in total. The number of guanidine groups is 1. The lowest BCUT2D eigenvalue weighted by molar-refractivity contribution is -0.137. The van der Waals surface area contributed by atoms with Crippen molar-refractivity contribution in [2.45, 2.75) is 38.9 Å². The number of hydrogen-bond acceptors (Lipinski definition) is 2. The number of hydrogen-bond donors (Lipinski definition) is 2. The third-order valence-corrected chi connectivity index (χ3v) is 4.76. The van der Waals surface area contributed by atoms with Gasteiger partial charge in [0.25, 0.3) is 0 Å². The van der Waals surface area contributed by atoms with E-state index in [-0.39, 0.29) is 12.0 Å². The van der Waals surface area contributed by atoms with Gasteiger partial charge in [-0.1, -0.05) is 12.1 Å². The molecule has 2 atom stereocenters. The van der Waals surface area contributed by atoms with Crippen molar-refractivity contribution in [1.82, 2.24) is 15.5 Å². The first kappa shape index (κ1) is 20.6. The Morgan fingerprint density at radius 1 is 1.15 bits per heavy atom. The Morgan fingerprint density at radius 2 is 1.77 bits per heavy atom. The minimum atomic E-state index is -4.30. The lowest BCUT2D eigenvalue weighted by Gasteiger charge is -2.39. The normalized spacial score (nSPS) is 21.3. The fraction of sp³-hybridized carbons (Fsp3) is 0.632. The van der Waals surface area contributed by atoms with Gasteiger partial charge >= 0.3 is 6.18 Å². The molecule has 1 saturated heterocycles. The van der Waals surface area contributed by atoms with Crippen LogP contribution in [-0.4, -0.2) is 44.1 Å². The van der Waals surface area contributed by atoms with Crippen LogP contribution in [0, 0.1) is 5.92 Å². The van der Waals surface area contributed by atoms with Crippen molar-refractivity contribution in [3.63, 3.8) is 0 Å². The Labute approximate surface area is 153 Å². The maximum atomic E-state index is 12.8. The maximum absolute atomic E-state index is 12.8. The van der Waals surface area contributed by atoms with Crippen LogP contribution in [0.1, 0.15) is 43.9 Å². The summed E-state index contributed by atoms with van der Waals surface area (Å²) in [6.07, 6.45) is -2.20. The molecule has 0 bridgehead atoms. The van der Waals surface area contributed by atoms with Gasteiger partial charge in [-0.25, -0.2) is 0 Å². The number of aliphatic imine (C=N–C) groups is 1. The van der Waals surface area contributed by atoms with Gasteiger partial charge in [-0.05, 0) is 63.9 Å². The monoisotopic (exact) mass is 370 g/mol. The standard InChI is InChI=1S/C19H29F3N4/c1-4-23-18(24-5-2)25-13-15-7-6-12-26(3)17(15)14-8-10-16(11-9-14)19(20,21)22/h8-11,15,17H,4-7,12-13H2,1-3H3,(H2,23,24,25). The summed E-state index contributed by atoms with van der Waals surface area (Å²) >= 11 is 0. The van der Waals surface area contributed by atoms with Crippen LogP contribution in [0.5, 0.6) is 0 Å². The fourth-order valence-corrected chi connectivity index (χ4v) is 3.56. The van der Waals surface area contributed by atoms with Crippen molar-refractivity contribution in [1.29, 1.82) is 0 Å². The summed E-state index contributed by atoms with van der Waals surface area (Å²) in [6.45, 7) is 7.21. The first-order chi connectivity index (χ1) is 12.4. The van der Waals surface area contributed by atoms with Crippen LogP contribution >= 0.6 is 0 Å². The van der Waals surface area contributed by atoms with E-state index < -0.39 is 11.7 Å². The molecule has 2 unspecified atom stereocenters. The molecule has 0 amide bonds. The second kappa shape index (κ2) is 9.26. The zero-order chi connectivity index (χ0) is 19.2. The number of halogens is 3. The molecule has 0 spiro atoms. The number of piperidine rings is 1. The van der Waals surface area contributed by atoms with Crippen LogP contribution < -0.4 is 10.6 Å². The highest BCUT2D eigenvalue weighted by molar-refractivity contribution is 5.79. The van der Waals surface area contributed by atoms with Crippen molar-refractivity contribution in [2.75, 3.05) is 33.2 Å². The number of nitrogens with zero attached hydrogens (tertiary/aromatic N) is 2. The van der Waals surface area contributed by atoms with E-state index in [0.29, 0.717) is 6.54 Å². The molecule has 26 heavy (non-hydrogen) atoms. The van der Waals surface area contributed by atoms with Crippen LogP contribution in [0.2, 0.25) is 0 Å². The summed E-state index contributed by atoms with van der Waals surface area (Å²) in [4.78, 5) is 6.91. The van der Waals surface area contributed by atoms with Crippen LogP contribution in [0.15, 0.2) is 29.3 Å². The summed E-state index contributed by atoms with van der Waals surface area (Å²) in [6, 6.07) is 5.67. The van der Waals surface area contributed by atoms with E-state index in [4.69, 9.17) is 0 Å². The molecule has 7 heteroatoms. The second-order valence-electron chi connectivity index (χ2n) is 6.70. The van der Waals surface area contributed by atoms with Gasteiger partial charge in [0.15, 0.2) is 5.96 Å². The Morgan fingerprint density at radius 3 is 2.31 bits per heavy atom. The zero-order valence-electron chi connectivity index (χ0n) is 15.7. The number of rotatable bonds is 5. The highest BCUT2D eigenvalue weighted by Gasteiger charge is 2.33. The Hall–Kier alpha value is -1.76. The molecule has 146 valence electrons. The molecular weight excluding hydrogens is 341 g/mol. The van der Waals surface area contributed by atoms with E-state index in [1.807, 2.05) is 20.9 Å². The summed E-state index contributed by atoms with van der Waals surface area (Å²) in [5, 5.41) is 6.43. The average Bonchev–Trinajstić information content (AvgIpc) is 2.59. The largest absolute Gasteiger partial charge is 0.416 e. The smallest absolute Gasteiger partial charge is 0.357 e. The van der Waals surface area contributed by atoms with Crippen molar-refractivity contribution >= 4 is 5.96 Å². The van der Waals surface area contributed by atoms with E-state index >= 15 is 0 Å². The predicted molar refractivity (Wildman–Crippen MR) is 99.2 cm³/mol. The lowest BCUT2D eigenvalue weighted by atomic mass is 9.84. The van der Waals surface area contributed by atoms with E-state index in [0.717, 1.165) is 44.0 Å². The summed E-state index contributed by atoms with van der Waals surface area (Å²) in [5.74, 6) is 1.06. The summed E-state index contributed by atoms with van der Waals surface area (Å²) in [7, 11) is 2.04. The highest BCUT2D eigenvalue weighted by Crippen LogP contribution is 2.37. The molecule has 0 radical (unpaired) electrons. The van der Waals surface area contributed by atoms with Crippen LogP contribution in [0.25, 0.3) is 0 Å². The third kappa shape index (κ3) is 5.37. The number of likely N-dealkylation sites (tertiary alicyclic amines) is 1. The van der Waals surface area contributed by atoms with E-state index in [2.05, 4.69) is 20.5 Å². The molecule has 0 aromatic heterocycles. The summed E-state index contributed by atoms with van der Waals surface area (Å²) in [5.41, 5.74) is 0.324. The molecule has 1 aromatic rings. The third-order valence-electron chi connectivity index (χ3n) is 4.76. The van der Waals surface area contributed by atoms with E-state index in [1.165, 1.54) is 12.1 Å². The molecule has 1 heterocycles. The predicted octanol–water partition coefficient (Wildman–Crippen LogP) is 3.66. The van der Waals surface area contributed by atoms with Crippen LogP contribution in [0.3, 0.4) is 0 Å². The number of alkyl halides is 3. The van der Waals surface area contributed by atoms with Gasteiger partial charge in [0.2, 0.25) is 0 Å². The zero-order valence-corrected chi connectivity index (χ0v) is 15.7. The quantitative estimate of drug-likeness (QED) is 0.614. The molecular formula is C19H29F3N4. The maximum Gasteiger partial charge on any atom is 0.416 e. The first-order valence-electron chi connectivity index (χ1n) is 9.26. The second-order valence-corrected chi connectivity index (χ2v) is 6.70. The van der Waals surface area contributed by atoms with Gasteiger partial charge in [-0.2, -0.15) is 13.2 Å². The average molecular weight is 370 g/mol. The van der Waals surface area contributed by atoms with Gasteiger partial charge in [0.05, 0.1) is 5.56 Å². The molecule has 1 aliphatic heterocycles. The van der Waals surface area contributed by atoms with Crippen molar-refractivity contribution < 1.29 is 13.2 Å². The van der Waals surface area contributed by atoms with E-state index in [9.17, 15) is 13.2 Å². The number of benzene rings is 1. The van der Waals surface area contributed by atoms with Crippen molar-refractivity contribution in [2.24, 2.45) is 10.9 Å². The Bertz CT molecular complexity index is 575. The molecule has 1 aromatic carbocycles. The molecule has 0 saturated carbocycles. The molecule has 2 rings (SSSR count). The Balaban J connectivity index is 2.18. The van der Waals surface area contributed by atoms with Gasteiger partial charge in [0, 0.05) is 25.7 Å². The minimum absolute atomic E-state index is 0.0827. The lowest BCUT2D eigenvalue weighted by Crippen LogP contribution is -2.40. The van der Waals surface area contributed by atoms with Gasteiger partial charge in [0.1, 0.15) is 0 Å². The molecule has 1 aliphatic rings. The SMILES string of the molecule is CCNC(=NCC1CCCN(C)C1c1ccc(C(F)(F)F)cc1)NCC. The molecule has 0 aliphatic carbocycles. The highest BCUT2D eigenvalue weighted by atomic mass is 19.4. The van der Waals surface area contributed by atoms with Crippen molar-refractivity contribution in [3.05, 3.63) is 35.4 Å². The molecule has 2 N–H and O–H groups in total. The summed E-state index contributed by atoms with van der Waals surface area (Å²) < 4.78 is 38.5. The fourth-order valence-electron chi connectivity index (χ4n) is 3.56. The van der Waals surface area contributed by atoms with Gasteiger partial charge < -0.3 is 10.6 Å². The number of nitrogens with one attached hydrogen (secondary N) is 2. The van der Waals surface area contributed by atoms with Crippen molar-refractivity contribution in [3.8, 4) is 0 Å². The van der Waals surface area contributed by atoms with Crippen LogP contribution in [0.4, 0.5) is 13.2 Å². The Kier molecular flexibility index (Phi) is 7.32. The van der Waals surface area contributed by atoms with Gasteiger partial charge in [-0.15, -0.1) is 0 Å². The minimum Gasteiger partial charge on any atom is -0.357 e. The van der Waals surface area contributed by atoms with Crippen LogP contribution in [-0.2, 0) is 6.18 Å². The van der Waals surface area contributed by atoms with Gasteiger partial charge in [-0.3, -0.25) is 9.89 Å². The van der Waals surface area contributed by atoms with E-state index in [1.54, 1.807) is 12.1 Å². The molecule has 1 fully saturated rings. The topological polar surface area (TPSA) is 39.7 Å². The first-order valence-corrected chi connectivity index (χ1v) is 9.26.